The van der Waals surface area contributed by atoms with E-state index in [9.17, 15) is 9.59 Å². The highest BCUT2D eigenvalue weighted by molar-refractivity contribution is 5.91. The Kier molecular flexibility index (Phi) is 6.99. The molecule has 3 aromatic heterocycles. The van der Waals surface area contributed by atoms with Crippen LogP contribution in [0.2, 0.25) is 0 Å². The lowest BCUT2D eigenvalue weighted by atomic mass is 10.0. The molecule has 7 nitrogen and oxygen atoms in total. The molecular formula is C31H23N3O4. The topological polar surface area (TPSA) is 91.3 Å². The van der Waals surface area contributed by atoms with Gasteiger partial charge in [0.25, 0.3) is 0 Å². The molecule has 0 aliphatic heterocycles. The van der Waals surface area contributed by atoms with E-state index in [1.807, 2.05) is 91.0 Å². The van der Waals surface area contributed by atoms with Gasteiger partial charge in [-0.15, -0.1) is 0 Å². The molecule has 0 saturated heterocycles. The molecule has 0 saturated carbocycles. The number of pyridine rings is 3. The molecule has 38 heavy (non-hydrogen) atoms. The summed E-state index contributed by atoms with van der Waals surface area (Å²) in [6.45, 7) is 0. The average Bonchev–Trinajstić information content (AvgIpc) is 3.00. The molecule has 0 atom stereocenters. The summed E-state index contributed by atoms with van der Waals surface area (Å²) in [6.07, 6.45) is 0. The first-order valence-electron chi connectivity index (χ1n) is 11.8. The Balaban J connectivity index is 1.63. The molecule has 7 heteroatoms. The lowest BCUT2D eigenvalue weighted by Crippen LogP contribution is -2.07. The predicted octanol–water partition coefficient (Wildman–Crippen LogP) is 6.11. The molecule has 5 rings (SSSR count). The molecule has 5 aromatic rings. The lowest BCUT2D eigenvalue weighted by Gasteiger charge is -2.11. The standard InChI is InChI=1S/C31H23N3O4/c1-37-30(35)28-18-22(20-10-5-3-6-11-20)16-26(33-28)24-14-9-15-25(32-24)27-17-23(21-12-7-4-8-13-21)19-29(34-27)31(36)38-2/h3-19H,1-2H3. The number of nitrogens with zero attached hydrogens (tertiary/aromatic N) is 3. The summed E-state index contributed by atoms with van der Waals surface area (Å²) in [4.78, 5) is 38.7. The van der Waals surface area contributed by atoms with E-state index in [0.29, 0.717) is 22.8 Å². The highest BCUT2D eigenvalue weighted by Crippen LogP contribution is 2.29. The van der Waals surface area contributed by atoms with Gasteiger partial charge < -0.3 is 9.47 Å². The maximum absolute atomic E-state index is 12.4. The van der Waals surface area contributed by atoms with Gasteiger partial charge in [-0.1, -0.05) is 66.7 Å². The van der Waals surface area contributed by atoms with Crippen molar-refractivity contribution >= 4 is 11.9 Å². The highest BCUT2D eigenvalue weighted by atomic mass is 16.5. The normalized spacial score (nSPS) is 10.6. The zero-order valence-corrected chi connectivity index (χ0v) is 20.8. The Bertz CT molecular complexity index is 1500. The third-order valence-corrected chi connectivity index (χ3v) is 5.93. The Labute approximate surface area is 219 Å². The van der Waals surface area contributed by atoms with E-state index in [4.69, 9.17) is 14.5 Å². The largest absolute Gasteiger partial charge is 0.464 e. The van der Waals surface area contributed by atoms with E-state index in [0.717, 1.165) is 22.3 Å². The van der Waals surface area contributed by atoms with Crippen LogP contribution in [-0.4, -0.2) is 41.1 Å². The monoisotopic (exact) mass is 501 g/mol. The summed E-state index contributed by atoms with van der Waals surface area (Å²) < 4.78 is 9.87. The molecule has 0 aliphatic carbocycles. The molecule has 0 fully saturated rings. The number of ether oxygens (including phenoxy) is 2. The van der Waals surface area contributed by atoms with Crippen LogP contribution in [0, 0.1) is 0 Å². The second kappa shape index (κ2) is 10.8. The van der Waals surface area contributed by atoms with Crippen molar-refractivity contribution in [2.24, 2.45) is 0 Å². The van der Waals surface area contributed by atoms with Crippen LogP contribution in [0.25, 0.3) is 45.0 Å². The fraction of sp³-hybridized carbons (Fsp3) is 0.0645. The van der Waals surface area contributed by atoms with Gasteiger partial charge in [-0.3, -0.25) is 0 Å². The molecule has 0 N–H and O–H groups in total. The number of benzene rings is 2. The van der Waals surface area contributed by atoms with Crippen LogP contribution in [0.5, 0.6) is 0 Å². The second-order valence-corrected chi connectivity index (χ2v) is 8.38. The molecule has 0 spiro atoms. The highest BCUT2D eigenvalue weighted by Gasteiger charge is 2.17. The van der Waals surface area contributed by atoms with Crippen LogP contribution in [0.4, 0.5) is 0 Å². The van der Waals surface area contributed by atoms with Crippen LogP contribution in [0.15, 0.2) is 103 Å². The minimum Gasteiger partial charge on any atom is -0.464 e. The van der Waals surface area contributed by atoms with Gasteiger partial charge in [0.2, 0.25) is 0 Å². The van der Waals surface area contributed by atoms with E-state index in [1.165, 1.54) is 14.2 Å². The summed E-state index contributed by atoms with van der Waals surface area (Å²) in [5.41, 5.74) is 5.90. The van der Waals surface area contributed by atoms with Gasteiger partial charge >= 0.3 is 11.9 Å². The Hall–Kier alpha value is -5.17. The summed E-state index contributed by atoms with van der Waals surface area (Å²) in [5.74, 6) is -1.08. The smallest absolute Gasteiger partial charge is 0.356 e. The number of carbonyl (C=O) groups is 2. The van der Waals surface area contributed by atoms with Gasteiger partial charge in [0.1, 0.15) is 11.4 Å². The van der Waals surface area contributed by atoms with Crippen LogP contribution in [0.3, 0.4) is 0 Å². The number of aromatic nitrogens is 3. The van der Waals surface area contributed by atoms with Crippen molar-refractivity contribution in [3.8, 4) is 45.0 Å². The van der Waals surface area contributed by atoms with Crippen LogP contribution >= 0.6 is 0 Å². The fourth-order valence-corrected chi connectivity index (χ4v) is 4.06. The molecular weight excluding hydrogens is 478 g/mol. The van der Waals surface area contributed by atoms with Crippen molar-refractivity contribution in [2.75, 3.05) is 14.2 Å². The van der Waals surface area contributed by atoms with E-state index in [1.54, 1.807) is 12.1 Å². The SMILES string of the molecule is COC(=O)c1cc(-c2ccccc2)cc(-c2cccc(-c3cc(-c4ccccc4)cc(C(=O)OC)n3)n2)n1. The van der Waals surface area contributed by atoms with Gasteiger partial charge in [0, 0.05) is 0 Å². The van der Waals surface area contributed by atoms with E-state index >= 15 is 0 Å². The Morgan fingerprint density at radius 3 is 1.29 bits per heavy atom. The van der Waals surface area contributed by atoms with Gasteiger partial charge in [0.15, 0.2) is 0 Å². The summed E-state index contributed by atoms with van der Waals surface area (Å²) in [6, 6.07) is 32.0. The minimum atomic E-state index is -0.542. The average molecular weight is 502 g/mol. The van der Waals surface area contributed by atoms with Gasteiger partial charge in [-0.2, -0.15) is 0 Å². The predicted molar refractivity (Wildman–Crippen MR) is 144 cm³/mol. The number of hydrogen-bond acceptors (Lipinski definition) is 7. The van der Waals surface area contributed by atoms with Crippen molar-refractivity contribution in [3.05, 3.63) is 115 Å². The van der Waals surface area contributed by atoms with Crippen molar-refractivity contribution in [2.45, 2.75) is 0 Å². The zero-order chi connectivity index (χ0) is 26.5. The van der Waals surface area contributed by atoms with E-state index < -0.39 is 11.9 Å². The van der Waals surface area contributed by atoms with Gasteiger partial charge in [0.05, 0.1) is 37.0 Å². The third-order valence-electron chi connectivity index (χ3n) is 5.93. The van der Waals surface area contributed by atoms with Crippen molar-refractivity contribution in [1.82, 2.24) is 15.0 Å². The van der Waals surface area contributed by atoms with E-state index in [-0.39, 0.29) is 11.4 Å². The fourth-order valence-electron chi connectivity index (χ4n) is 4.06. The molecule has 0 aliphatic rings. The van der Waals surface area contributed by atoms with Crippen LogP contribution in [0.1, 0.15) is 21.0 Å². The number of hydrogen-bond donors (Lipinski definition) is 0. The maximum Gasteiger partial charge on any atom is 0.356 e. The van der Waals surface area contributed by atoms with Gasteiger partial charge in [-0.05, 0) is 58.7 Å². The number of methoxy groups -OCH3 is 2. The Morgan fingerprint density at radius 2 is 0.895 bits per heavy atom. The second-order valence-electron chi connectivity index (χ2n) is 8.38. The number of rotatable bonds is 6. The number of esters is 2. The van der Waals surface area contributed by atoms with Crippen LogP contribution < -0.4 is 0 Å². The molecule has 0 bridgehead atoms. The summed E-state index contributed by atoms with van der Waals surface area (Å²) in [7, 11) is 2.64. The minimum absolute atomic E-state index is 0.174. The molecule has 2 aromatic carbocycles. The molecule has 0 amide bonds. The van der Waals surface area contributed by atoms with Crippen molar-refractivity contribution in [3.63, 3.8) is 0 Å². The first-order chi connectivity index (χ1) is 18.6. The maximum atomic E-state index is 12.4. The molecule has 0 radical (unpaired) electrons. The summed E-state index contributed by atoms with van der Waals surface area (Å²) >= 11 is 0. The summed E-state index contributed by atoms with van der Waals surface area (Å²) in [5, 5.41) is 0. The first kappa shape index (κ1) is 24.5. The van der Waals surface area contributed by atoms with Crippen molar-refractivity contribution in [1.29, 1.82) is 0 Å². The zero-order valence-electron chi connectivity index (χ0n) is 20.8. The number of carbonyl (C=O) groups excluding carboxylic acids is 2. The van der Waals surface area contributed by atoms with Gasteiger partial charge in [-0.25, -0.2) is 24.5 Å². The Morgan fingerprint density at radius 1 is 0.474 bits per heavy atom. The molecule has 0 unspecified atom stereocenters. The first-order valence-corrected chi connectivity index (χ1v) is 11.8. The van der Waals surface area contributed by atoms with E-state index in [2.05, 4.69) is 9.97 Å². The molecule has 3 heterocycles. The third kappa shape index (κ3) is 5.17. The van der Waals surface area contributed by atoms with Crippen molar-refractivity contribution < 1.29 is 19.1 Å². The molecule has 186 valence electrons. The quantitative estimate of drug-likeness (QED) is 0.259. The van der Waals surface area contributed by atoms with Crippen LogP contribution in [-0.2, 0) is 9.47 Å². The lowest BCUT2D eigenvalue weighted by molar-refractivity contribution is 0.0585.